The average molecular weight is 249 g/mol. The average Bonchev–Trinajstić information content (AvgIpc) is 2.27. The van der Waals surface area contributed by atoms with Gasteiger partial charge in [0.15, 0.2) is 0 Å². The van der Waals surface area contributed by atoms with Gasteiger partial charge in [-0.1, -0.05) is 0 Å². The fourth-order valence-electron chi connectivity index (χ4n) is 2.49. The Labute approximate surface area is 109 Å². The van der Waals surface area contributed by atoms with Crippen LogP contribution in [0.15, 0.2) is 12.3 Å². The lowest BCUT2D eigenvalue weighted by Crippen LogP contribution is -2.42. The van der Waals surface area contributed by atoms with E-state index in [9.17, 15) is 5.11 Å². The van der Waals surface area contributed by atoms with Gasteiger partial charge in [0.1, 0.15) is 5.82 Å². The summed E-state index contributed by atoms with van der Waals surface area (Å²) in [6.07, 6.45) is 5.67. The van der Waals surface area contributed by atoms with E-state index in [1.165, 1.54) is 30.4 Å². The molecule has 1 aromatic heterocycles. The van der Waals surface area contributed by atoms with Crippen molar-refractivity contribution < 1.29 is 5.11 Å². The number of hydrogen-bond donors (Lipinski definition) is 2. The predicted octanol–water partition coefficient (Wildman–Crippen LogP) is 1.46. The van der Waals surface area contributed by atoms with Gasteiger partial charge in [0, 0.05) is 25.3 Å². The van der Waals surface area contributed by atoms with Gasteiger partial charge < -0.3 is 15.3 Å². The highest BCUT2D eigenvalue weighted by molar-refractivity contribution is 5.48. The molecule has 0 atom stereocenters. The Balaban J connectivity index is 2.18. The Hall–Kier alpha value is -1.13. The number of aliphatic hydroxyl groups excluding tert-OH is 1. The summed E-state index contributed by atoms with van der Waals surface area (Å²) in [4.78, 5) is 6.86. The van der Waals surface area contributed by atoms with Crippen LogP contribution in [-0.4, -0.2) is 36.3 Å². The molecular formula is C14H23N3O. The van der Waals surface area contributed by atoms with E-state index >= 15 is 0 Å². The van der Waals surface area contributed by atoms with Gasteiger partial charge in [-0.15, -0.1) is 0 Å². The molecular weight excluding hydrogens is 226 g/mol. The van der Waals surface area contributed by atoms with Crippen molar-refractivity contribution in [1.82, 2.24) is 10.3 Å². The van der Waals surface area contributed by atoms with Crippen LogP contribution in [0, 0.1) is 6.92 Å². The van der Waals surface area contributed by atoms with Crippen LogP contribution in [0.1, 0.15) is 30.4 Å². The third-order valence-electron chi connectivity index (χ3n) is 3.62. The molecule has 100 valence electrons. The van der Waals surface area contributed by atoms with E-state index in [-0.39, 0.29) is 6.61 Å². The molecule has 2 rings (SSSR count). The largest absolute Gasteiger partial charge is 0.395 e. The van der Waals surface area contributed by atoms with Crippen molar-refractivity contribution in [2.24, 2.45) is 0 Å². The minimum atomic E-state index is 0.190. The Morgan fingerprint density at radius 1 is 1.50 bits per heavy atom. The molecule has 0 aromatic carbocycles. The molecule has 1 heterocycles. The third kappa shape index (κ3) is 2.82. The molecule has 0 bridgehead atoms. The smallest absolute Gasteiger partial charge is 0.131 e. The van der Waals surface area contributed by atoms with Crippen molar-refractivity contribution in [1.29, 1.82) is 0 Å². The molecule has 18 heavy (non-hydrogen) atoms. The second-order valence-corrected chi connectivity index (χ2v) is 5.02. The number of aryl methyl sites for hydroxylation is 1. The molecule has 0 aliphatic heterocycles. The zero-order valence-corrected chi connectivity index (χ0v) is 11.3. The van der Waals surface area contributed by atoms with Gasteiger partial charge in [0.05, 0.1) is 6.61 Å². The second-order valence-electron chi connectivity index (χ2n) is 5.02. The van der Waals surface area contributed by atoms with Crippen LogP contribution in [0.2, 0.25) is 0 Å². The summed E-state index contributed by atoms with van der Waals surface area (Å²) in [5.41, 5.74) is 2.40. The lowest BCUT2D eigenvalue weighted by Gasteiger charge is -2.38. The first kappa shape index (κ1) is 13.3. The van der Waals surface area contributed by atoms with E-state index < -0.39 is 0 Å². The van der Waals surface area contributed by atoms with E-state index in [0.29, 0.717) is 12.6 Å². The van der Waals surface area contributed by atoms with Crippen molar-refractivity contribution >= 4 is 5.82 Å². The minimum Gasteiger partial charge on any atom is -0.395 e. The molecule has 0 amide bonds. The molecule has 1 aromatic rings. The summed E-state index contributed by atoms with van der Waals surface area (Å²) < 4.78 is 0. The molecule has 0 spiro atoms. The number of nitrogens with zero attached hydrogens (tertiary/aromatic N) is 2. The van der Waals surface area contributed by atoms with Crippen LogP contribution in [0.5, 0.6) is 0 Å². The van der Waals surface area contributed by atoms with Crippen LogP contribution >= 0.6 is 0 Å². The molecule has 2 N–H and O–H groups in total. The number of aliphatic hydroxyl groups is 1. The van der Waals surface area contributed by atoms with Crippen LogP contribution < -0.4 is 10.2 Å². The van der Waals surface area contributed by atoms with Crippen molar-refractivity contribution in [3.05, 3.63) is 23.4 Å². The maximum absolute atomic E-state index is 9.22. The molecule has 1 aliphatic carbocycles. The van der Waals surface area contributed by atoms with Gasteiger partial charge in [-0.2, -0.15) is 0 Å². The molecule has 1 aliphatic rings. The highest BCUT2D eigenvalue weighted by Gasteiger charge is 2.26. The predicted molar refractivity (Wildman–Crippen MR) is 73.8 cm³/mol. The van der Waals surface area contributed by atoms with Crippen LogP contribution in [0.25, 0.3) is 0 Å². The number of nitrogens with one attached hydrogen (secondary N) is 1. The van der Waals surface area contributed by atoms with Gasteiger partial charge in [-0.25, -0.2) is 4.98 Å². The number of anilines is 1. The minimum absolute atomic E-state index is 0.190. The summed E-state index contributed by atoms with van der Waals surface area (Å²) in [5, 5.41) is 12.4. The molecule has 0 saturated heterocycles. The van der Waals surface area contributed by atoms with Crippen molar-refractivity contribution in [3.63, 3.8) is 0 Å². The van der Waals surface area contributed by atoms with Crippen LogP contribution in [-0.2, 0) is 6.54 Å². The quantitative estimate of drug-likeness (QED) is 0.801. The van der Waals surface area contributed by atoms with Crippen molar-refractivity contribution in [2.75, 3.05) is 25.1 Å². The highest BCUT2D eigenvalue weighted by atomic mass is 16.3. The molecule has 1 fully saturated rings. The second kappa shape index (κ2) is 6.16. The molecule has 0 radical (unpaired) electrons. The summed E-state index contributed by atoms with van der Waals surface area (Å²) >= 11 is 0. The molecule has 0 unspecified atom stereocenters. The maximum Gasteiger partial charge on any atom is 0.131 e. The summed E-state index contributed by atoms with van der Waals surface area (Å²) in [6, 6.07) is 2.75. The van der Waals surface area contributed by atoms with E-state index in [2.05, 4.69) is 28.2 Å². The zero-order valence-electron chi connectivity index (χ0n) is 11.3. The number of pyridine rings is 1. The van der Waals surface area contributed by atoms with Gasteiger partial charge in [-0.3, -0.25) is 0 Å². The zero-order chi connectivity index (χ0) is 13.0. The first-order chi connectivity index (χ1) is 8.76. The van der Waals surface area contributed by atoms with Crippen LogP contribution in [0.3, 0.4) is 0 Å². The number of hydrogen-bond acceptors (Lipinski definition) is 4. The van der Waals surface area contributed by atoms with Crippen LogP contribution in [0.4, 0.5) is 5.82 Å². The topological polar surface area (TPSA) is 48.4 Å². The Morgan fingerprint density at radius 2 is 2.28 bits per heavy atom. The Morgan fingerprint density at radius 3 is 2.78 bits per heavy atom. The monoisotopic (exact) mass is 249 g/mol. The Bertz CT molecular complexity index is 391. The summed E-state index contributed by atoms with van der Waals surface area (Å²) in [5.74, 6) is 1.04. The SMILES string of the molecule is CNCc1cnc(N(CCO)C2CCC2)c(C)c1. The molecule has 1 saturated carbocycles. The highest BCUT2D eigenvalue weighted by Crippen LogP contribution is 2.30. The van der Waals surface area contributed by atoms with Gasteiger partial charge in [-0.05, 0) is 50.4 Å². The normalized spacial score (nSPS) is 15.5. The molecule has 4 nitrogen and oxygen atoms in total. The van der Waals surface area contributed by atoms with Crippen molar-refractivity contribution in [3.8, 4) is 0 Å². The number of rotatable bonds is 6. The van der Waals surface area contributed by atoms with Crippen molar-refractivity contribution in [2.45, 2.75) is 38.8 Å². The number of aromatic nitrogens is 1. The fourth-order valence-corrected chi connectivity index (χ4v) is 2.49. The first-order valence-corrected chi connectivity index (χ1v) is 6.74. The van der Waals surface area contributed by atoms with Gasteiger partial charge >= 0.3 is 0 Å². The van der Waals surface area contributed by atoms with E-state index in [1.807, 2.05) is 13.2 Å². The standard InChI is InChI=1S/C14H23N3O/c1-11-8-12(9-15-2)10-16-14(11)17(6-7-18)13-4-3-5-13/h8,10,13,15,18H,3-7,9H2,1-2H3. The van der Waals surface area contributed by atoms with E-state index in [1.54, 1.807) is 0 Å². The maximum atomic E-state index is 9.22. The Kier molecular flexibility index (Phi) is 4.55. The summed E-state index contributed by atoms with van der Waals surface area (Å²) in [7, 11) is 1.94. The first-order valence-electron chi connectivity index (χ1n) is 6.74. The summed E-state index contributed by atoms with van der Waals surface area (Å²) in [6.45, 7) is 3.82. The fraction of sp³-hybridized carbons (Fsp3) is 0.643. The lowest BCUT2D eigenvalue weighted by atomic mass is 9.91. The van der Waals surface area contributed by atoms with Gasteiger partial charge in [0.2, 0.25) is 0 Å². The lowest BCUT2D eigenvalue weighted by molar-refractivity contribution is 0.283. The van der Waals surface area contributed by atoms with E-state index in [0.717, 1.165) is 12.4 Å². The molecule has 4 heteroatoms. The van der Waals surface area contributed by atoms with E-state index in [4.69, 9.17) is 0 Å². The van der Waals surface area contributed by atoms with Gasteiger partial charge in [0.25, 0.3) is 0 Å². The third-order valence-corrected chi connectivity index (χ3v) is 3.62.